The summed E-state index contributed by atoms with van der Waals surface area (Å²) in [6.07, 6.45) is 19.4. The fraction of sp³-hybridized carbons (Fsp3) is 0.696. The normalized spacial score (nSPS) is 10.8. The van der Waals surface area contributed by atoms with Crippen LogP contribution in [0.1, 0.15) is 107 Å². The fourth-order valence-electron chi connectivity index (χ4n) is 3.21. The van der Waals surface area contributed by atoms with Crippen LogP contribution in [0.2, 0.25) is 0 Å². The lowest BCUT2D eigenvalue weighted by Crippen LogP contribution is -1.98. The van der Waals surface area contributed by atoms with Gasteiger partial charge in [0.2, 0.25) is 0 Å². The van der Waals surface area contributed by atoms with Crippen molar-refractivity contribution in [1.82, 2.24) is 0 Å². The number of unbranched alkanes of at least 4 members (excludes halogenated alkanes) is 13. The Bertz CT molecular complexity index is 471. The molecule has 0 saturated heterocycles. The molecule has 0 fully saturated rings. The first-order valence-electron chi connectivity index (χ1n) is 10.7. The number of carbonyl (C=O) groups is 1. The molecular weight excluding hydrogens is 324 g/mol. The number of carbonyl (C=O) groups excluding carboxylic acids is 1. The van der Waals surface area contributed by atoms with Gasteiger partial charge < -0.3 is 9.84 Å². The maximum Gasteiger partial charge on any atom is 0.160 e. The summed E-state index contributed by atoms with van der Waals surface area (Å²) < 4.78 is 5.58. The number of hydrogen-bond acceptors (Lipinski definition) is 3. The lowest BCUT2D eigenvalue weighted by atomic mass is 10.0. The molecule has 3 nitrogen and oxygen atoms in total. The zero-order valence-corrected chi connectivity index (χ0v) is 16.7. The minimum atomic E-state index is 0.0416. The standard InChI is InChI=1S/C23H38O3/c1-2-3-4-5-6-7-8-9-10-11-12-13-14-15-18-26-23-17-16-21(20-24)19-22(23)25/h16-17,19-20,25H,2-15,18H2,1H3. The predicted octanol–water partition coefficient (Wildman–Crippen LogP) is 7.06. The van der Waals surface area contributed by atoms with E-state index < -0.39 is 0 Å². The average Bonchev–Trinajstić information content (AvgIpc) is 2.65. The smallest absolute Gasteiger partial charge is 0.160 e. The third kappa shape index (κ3) is 11.2. The second-order valence-electron chi connectivity index (χ2n) is 7.29. The van der Waals surface area contributed by atoms with E-state index in [-0.39, 0.29) is 5.75 Å². The molecule has 0 aromatic heterocycles. The van der Waals surface area contributed by atoms with Crippen molar-refractivity contribution >= 4 is 6.29 Å². The van der Waals surface area contributed by atoms with Crippen LogP contribution in [0.3, 0.4) is 0 Å². The molecule has 3 heteroatoms. The van der Waals surface area contributed by atoms with Gasteiger partial charge in [-0.05, 0) is 24.6 Å². The molecule has 0 amide bonds. The van der Waals surface area contributed by atoms with Gasteiger partial charge in [0.25, 0.3) is 0 Å². The van der Waals surface area contributed by atoms with Gasteiger partial charge in [0.05, 0.1) is 6.61 Å². The molecule has 0 spiro atoms. The van der Waals surface area contributed by atoms with E-state index in [2.05, 4.69) is 6.92 Å². The molecule has 0 heterocycles. The number of aromatic hydroxyl groups is 1. The van der Waals surface area contributed by atoms with Crippen LogP contribution in [0.5, 0.6) is 11.5 Å². The van der Waals surface area contributed by atoms with Gasteiger partial charge in [-0.1, -0.05) is 90.4 Å². The van der Waals surface area contributed by atoms with Crippen molar-refractivity contribution in [2.45, 2.75) is 96.8 Å². The highest BCUT2D eigenvalue weighted by molar-refractivity contribution is 5.76. The predicted molar refractivity (Wildman–Crippen MR) is 109 cm³/mol. The van der Waals surface area contributed by atoms with Crippen molar-refractivity contribution in [1.29, 1.82) is 0 Å². The van der Waals surface area contributed by atoms with Gasteiger partial charge in [-0.3, -0.25) is 4.79 Å². The number of rotatable bonds is 17. The number of phenols is 1. The van der Waals surface area contributed by atoms with Gasteiger partial charge in [-0.15, -0.1) is 0 Å². The quantitative estimate of drug-likeness (QED) is 0.238. The lowest BCUT2D eigenvalue weighted by Gasteiger charge is -2.08. The van der Waals surface area contributed by atoms with E-state index in [1.807, 2.05) is 0 Å². The first-order chi connectivity index (χ1) is 12.8. The largest absolute Gasteiger partial charge is 0.504 e. The van der Waals surface area contributed by atoms with E-state index in [9.17, 15) is 9.90 Å². The van der Waals surface area contributed by atoms with Gasteiger partial charge in [0.1, 0.15) is 6.29 Å². The van der Waals surface area contributed by atoms with Crippen molar-refractivity contribution in [3.05, 3.63) is 23.8 Å². The summed E-state index contributed by atoms with van der Waals surface area (Å²) in [6.45, 7) is 2.89. The Hall–Kier alpha value is -1.51. The molecule has 1 N–H and O–H groups in total. The van der Waals surface area contributed by atoms with Crippen molar-refractivity contribution in [3.63, 3.8) is 0 Å². The molecular formula is C23H38O3. The van der Waals surface area contributed by atoms with Crippen LogP contribution in [0.15, 0.2) is 18.2 Å². The molecule has 26 heavy (non-hydrogen) atoms. The highest BCUT2D eigenvalue weighted by Crippen LogP contribution is 2.26. The Morgan fingerprint density at radius 2 is 1.31 bits per heavy atom. The fourth-order valence-corrected chi connectivity index (χ4v) is 3.21. The summed E-state index contributed by atoms with van der Waals surface area (Å²) in [5, 5.41) is 9.75. The second kappa shape index (κ2) is 15.7. The molecule has 0 unspecified atom stereocenters. The van der Waals surface area contributed by atoms with Gasteiger partial charge >= 0.3 is 0 Å². The Kier molecular flexibility index (Phi) is 13.6. The second-order valence-corrected chi connectivity index (χ2v) is 7.29. The SMILES string of the molecule is CCCCCCCCCCCCCCCCOc1ccc(C=O)cc1O. The summed E-state index contributed by atoms with van der Waals surface area (Å²) in [4.78, 5) is 10.6. The topological polar surface area (TPSA) is 46.5 Å². The zero-order chi connectivity index (χ0) is 18.9. The summed E-state index contributed by atoms with van der Waals surface area (Å²) in [7, 11) is 0. The lowest BCUT2D eigenvalue weighted by molar-refractivity contribution is 0.112. The third-order valence-electron chi connectivity index (χ3n) is 4.87. The molecule has 0 aliphatic rings. The van der Waals surface area contributed by atoms with Gasteiger partial charge in [0.15, 0.2) is 11.5 Å². The van der Waals surface area contributed by atoms with Crippen LogP contribution in [-0.4, -0.2) is 18.0 Å². The minimum absolute atomic E-state index is 0.0416. The molecule has 0 bridgehead atoms. The summed E-state index contributed by atoms with van der Waals surface area (Å²) >= 11 is 0. The van der Waals surface area contributed by atoms with Crippen LogP contribution in [0.4, 0.5) is 0 Å². The van der Waals surface area contributed by atoms with Gasteiger partial charge in [-0.25, -0.2) is 0 Å². The van der Waals surface area contributed by atoms with Crippen LogP contribution in [0.25, 0.3) is 0 Å². The van der Waals surface area contributed by atoms with Crippen molar-refractivity contribution < 1.29 is 14.6 Å². The van der Waals surface area contributed by atoms with Crippen molar-refractivity contribution in [2.24, 2.45) is 0 Å². The molecule has 148 valence electrons. The monoisotopic (exact) mass is 362 g/mol. The molecule has 1 rings (SSSR count). The van der Waals surface area contributed by atoms with Crippen molar-refractivity contribution in [2.75, 3.05) is 6.61 Å². The summed E-state index contributed by atoms with van der Waals surface area (Å²) in [5.41, 5.74) is 0.464. The highest BCUT2D eigenvalue weighted by atomic mass is 16.5. The van der Waals surface area contributed by atoms with E-state index in [1.54, 1.807) is 12.1 Å². The molecule has 0 atom stereocenters. The molecule has 1 aromatic rings. The molecule has 0 saturated carbocycles. The van der Waals surface area contributed by atoms with E-state index in [1.165, 1.54) is 89.5 Å². The zero-order valence-electron chi connectivity index (χ0n) is 16.7. The maximum atomic E-state index is 10.6. The Morgan fingerprint density at radius 3 is 1.77 bits per heavy atom. The Morgan fingerprint density at radius 1 is 0.808 bits per heavy atom. The van der Waals surface area contributed by atoms with Crippen LogP contribution in [-0.2, 0) is 0 Å². The van der Waals surface area contributed by atoms with E-state index in [4.69, 9.17) is 4.74 Å². The van der Waals surface area contributed by atoms with E-state index in [0.29, 0.717) is 17.9 Å². The highest BCUT2D eigenvalue weighted by Gasteiger charge is 2.03. The first-order valence-corrected chi connectivity index (χ1v) is 10.7. The number of phenolic OH excluding ortho intramolecular Hbond substituents is 1. The first kappa shape index (κ1) is 22.5. The summed E-state index contributed by atoms with van der Waals surface area (Å²) in [5.74, 6) is 0.505. The molecule has 0 radical (unpaired) electrons. The Balaban J connectivity index is 1.86. The molecule has 1 aromatic carbocycles. The van der Waals surface area contributed by atoms with E-state index >= 15 is 0 Å². The summed E-state index contributed by atoms with van der Waals surface area (Å²) in [6, 6.07) is 4.75. The van der Waals surface area contributed by atoms with Crippen molar-refractivity contribution in [3.8, 4) is 11.5 Å². The number of hydrogen-bond donors (Lipinski definition) is 1. The van der Waals surface area contributed by atoms with Crippen LogP contribution < -0.4 is 4.74 Å². The van der Waals surface area contributed by atoms with E-state index in [0.717, 1.165) is 12.7 Å². The molecule has 0 aliphatic carbocycles. The number of aldehydes is 1. The third-order valence-corrected chi connectivity index (χ3v) is 4.87. The maximum absolute atomic E-state index is 10.6. The average molecular weight is 363 g/mol. The number of ether oxygens (including phenoxy) is 1. The minimum Gasteiger partial charge on any atom is -0.504 e. The van der Waals surface area contributed by atoms with Crippen LogP contribution >= 0.6 is 0 Å². The Labute approximate surface area is 160 Å². The number of benzene rings is 1. The molecule has 0 aliphatic heterocycles. The van der Waals surface area contributed by atoms with Gasteiger partial charge in [-0.2, -0.15) is 0 Å². The van der Waals surface area contributed by atoms with Crippen LogP contribution in [0, 0.1) is 0 Å². The van der Waals surface area contributed by atoms with Gasteiger partial charge in [0, 0.05) is 5.56 Å².